The zero-order valence-corrected chi connectivity index (χ0v) is 22.8. The van der Waals surface area contributed by atoms with Gasteiger partial charge in [0.1, 0.15) is 5.75 Å². The Morgan fingerprint density at radius 1 is 1.18 bits per heavy atom. The van der Waals surface area contributed by atoms with Crippen molar-refractivity contribution in [1.29, 1.82) is 0 Å². The van der Waals surface area contributed by atoms with Gasteiger partial charge in [-0.3, -0.25) is 0 Å². The van der Waals surface area contributed by atoms with Gasteiger partial charge in [0.2, 0.25) is 10.0 Å². The van der Waals surface area contributed by atoms with Crippen molar-refractivity contribution in [3.63, 3.8) is 0 Å². The summed E-state index contributed by atoms with van der Waals surface area (Å²) in [6.45, 7) is 10.4. The maximum atomic E-state index is 13.4. The number of hydrogen-bond donors (Lipinski definition) is 1. The Labute approximate surface area is 212 Å². The molecule has 2 rings (SSSR count). The summed E-state index contributed by atoms with van der Waals surface area (Å²) in [6, 6.07) is 10.6. The van der Waals surface area contributed by atoms with Gasteiger partial charge in [-0.05, 0) is 67.1 Å². The van der Waals surface area contributed by atoms with Gasteiger partial charge in [-0.1, -0.05) is 45.4 Å². The minimum Gasteiger partial charge on any atom is -0.482 e. The molecule has 0 amide bonds. The van der Waals surface area contributed by atoms with Crippen LogP contribution >= 0.6 is 23.4 Å². The smallest absolute Gasteiger partial charge is 0.341 e. The zero-order chi connectivity index (χ0) is 25.5. The molecule has 0 aliphatic carbocycles. The predicted octanol–water partition coefficient (Wildman–Crippen LogP) is 5.89. The van der Waals surface area contributed by atoms with Gasteiger partial charge in [0.25, 0.3) is 0 Å². The number of halogens is 1. The number of carboxylic acid groups (broad SMARTS) is 1. The maximum absolute atomic E-state index is 13.4. The van der Waals surface area contributed by atoms with E-state index in [1.165, 1.54) is 4.31 Å². The Bertz CT molecular complexity index is 1090. The molecule has 0 fully saturated rings. The van der Waals surface area contributed by atoms with Gasteiger partial charge >= 0.3 is 5.97 Å². The van der Waals surface area contributed by atoms with E-state index in [4.69, 9.17) is 21.4 Å². The van der Waals surface area contributed by atoms with Crippen molar-refractivity contribution in [1.82, 2.24) is 4.31 Å². The fraction of sp³-hybridized carbons (Fsp3) is 0.480. The number of nitrogens with zero attached hydrogens (tertiary/aromatic N) is 1. The van der Waals surface area contributed by atoms with Gasteiger partial charge in [0.05, 0.1) is 4.90 Å². The average molecular weight is 528 g/mol. The van der Waals surface area contributed by atoms with Gasteiger partial charge in [-0.15, -0.1) is 11.8 Å². The van der Waals surface area contributed by atoms with Crippen LogP contribution in [0.4, 0.5) is 0 Å². The van der Waals surface area contributed by atoms with Crippen molar-refractivity contribution in [2.24, 2.45) is 5.92 Å². The second-order valence-corrected chi connectivity index (χ2v) is 12.6. The van der Waals surface area contributed by atoms with Crippen LogP contribution in [0, 0.1) is 12.8 Å². The number of rotatable bonds is 13. The van der Waals surface area contributed by atoms with Gasteiger partial charge in [-0.25, -0.2) is 13.2 Å². The highest BCUT2D eigenvalue weighted by atomic mass is 35.5. The summed E-state index contributed by atoms with van der Waals surface area (Å²) in [5, 5.41) is 9.26. The van der Waals surface area contributed by atoms with E-state index in [1.54, 1.807) is 30.0 Å². The standard InChI is InChI=1S/C25H34ClNO5S2/c1-6-11-27(34(30,31)22-9-7-20(12-17(2)3)23(26)14-22)15-19(5)33-21-8-10-24(18(4)13-21)32-16-25(28)29/h7-10,13-14,17,19H,6,11-12,15-16H2,1-5H3,(H,28,29). The summed E-state index contributed by atoms with van der Waals surface area (Å²) in [5.41, 5.74) is 1.78. The van der Waals surface area contributed by atoms with Crippen LogP contribution in [-0.4, -0.2) is 48.7 Å². The molecule has 0 saturated carbocycles. The third-order valence-electron chi connectivity index (χ3n) is 5.06. The van der Waals surface area contributed by atoms with Gasteiger partial charge < -0.3 is 9.84 Å². The molecule has 1 N–H and O–H groups in total. The van der Waals surface area contributed by atoms with Crippen molar-refractivity contribution < 1.29 is 23.1 Å². The summed E-state index contributed by atoms with van der Waals surface area (Å²) < 4.78 is 33.6. The Morgan fingerprint density at radius 3 is 2.44 bits per heavy atom. The van der Waals surface area contributed by atoms with E-state index in [2.05, 4.69) is 13.8 Å². The van der Waals surface area contributed by atoms with Crippen LogP contribution in [0.15, 0.2) is 46.2 Å². The first-order valence-corrected chi connectivity index (χ1v) is 14.0. The van der Waals surface area contributed by atoms with E-state index in [-0.39, 0.29) is 10.1 Å². The second-order valence-electron chi connectivity index (χ2n) is 8.75. The molecule has 9 heteroatoms. The third-order valence-corrected chi connectivity index (χ3v) is 8.35. The lowest BCUT2D eigenvalue weighted by Gasteiger charge is -2.25. The average Bonchev–Trinajstić information content (AvgIpc) is 2.73. The van der Waals surface area contributed by atoms with Crippen molar-refractivity contribution in [2.45, 2.75) is 62.5 Å². The Kier molecular flexibility index (Phi) is 10.7. The number of carboxylic acids is 1. The lowest BCUT2D eigenvalue weighted by atomic mass is 10.0. The molecule has 0 aliphatic heterocycles. The van der Waals surface area contributed by atoms with Crippen molar-refractivity contribution in [3.8, 4) is 5.75 Å². The minimum absolute atomic E-state index is 0.0119. The number of aryl methyl sites for hydroxylation is 1. The molecule has 0 bridgehead atoms. The third kappa shape index (κ3) is 8.18. The first kappa shape index (κ1) is 28.5. The Morgan fingerprint density at radius 2 is 1.88 bits per heavy atom. The zero-order valence-electron chi connectivity index (χ0n) is 20.4. The summed E-state index contributed by atoms with van der Waals surface area (Å²) in [5.74, 6) is -0.0808. The molecule has 2 aromatic carbocycles. The van der Waals surface area contributed by atoms with E-state index < -0.39 is 22.6 Å². The highest BCUT2D eigenvalue weighted by Gasteiger charge is 2.26. The van der Waals surface area contributed by atoms with Crippen LogP contribution in [0.5, 0.6) is 5.75 Å². The summed E-state index contributed by atoms with van der Waals surface area (Å²) in [4.78, 5) is 11.9. The molecule has 188 valence electrons. The van der Waals surface area contributed by atoms with E-state index >= 15 is 0 Å². The van der Waals surface area contributed by atoms with E-state index in [0.29, 0.717) is 36.2 Å². The number of thioether (sulfide) groups is 1. The molecule has 34 heavy (non-hydrogen) atoms. The van der Waals surface area contributed by atoms with Crippen LogP contribution < -0.4 is 4.74 Å². The summed E-state index contributed by atoms with van der Waals surface area (Å²) >= 11 is 7.98. The lowest BCUT2D eigenvalue weighted by Crippen LogP contribution is -2.36. The molecule has 0 saturated heterocycles. The number of aliphatic carboxylic acids is 1. The van der Waals surface area contributed by atoms with Crippen molar-refractivity contribution in [2.75, 3.05) is 19.7 Å². The maximum Gasteiger partial charge on any atom is 0.341 e. The van der Waals surface area contributed by atoms with Crippen LogP contribution in [0.2, 0.25) is 5.02 Å². The predicted molar refractivity (Wildman–Crippen MR) is 139 cm³/mol. The molecule has 2 aromatic rings. The van der Waals surface area contributed by atoms with Crippen LogP contribution in [0.1, 0.15) is 45.2 Å². The highest BCUT2D eigenvalue weighted by molar-refractivity contribution is 8.00. The molecule has 0 heterocycles. The minimum atomic E-state index is -3.69. The molecule has 0 radical (unpaired) electrons. The van der Waals surface area contributed by atoms with Crippen LogP contribution in [0.3, 0.4) is 0 Å². The molecule has 0 spiro atoms. The van der Waals surface area contributed by atoms with Gasteiger partial charge in [-0.2, -0.15) is 4.31 Å². The van der Waals surface area contributed by atoms with Crippen molar-refractivity contribution >= 4 is 39.4 Å². The summed E-state index contributed by atoms with van der Waals surface area (Å²) in [7, 11) is -3.69. The lowest BCUT2D eigenvalue weighted by molar-refractivity contribution is -0.139. The number of benzene rings is 2. The van der Waals surface area contributed by atoms with E-state index in [0.717, 1.165) is 22.4 Å². The molecule has 6 nitrogen and oxygen atoms in total. The second kappa shape index (κ2) is 12.8. The Balaban J connectivity index is 2.15. The first-order valence-electron chi connectivity index (χ1n) is 11.3. The van der Waals surface area contributed by atoms with Crippen LogP contribution in [0.25, 0.3) is 0 Å². The molecule has 1 atom stereocenters. The molecular formula is C25H34ClNO5S2. The Hall–Kier alpha value is -1.74. The SMILES string of the molecule is CCCN(CC(C)Sc1ccc(OCC(=O)O)c(C)c1)S(=O)(=O)c1ccc(CC(C)C)c(Cl)c1. The largest absolute Gasteiger partial charge is 0.482 e. The number of sulfonamides is 1. The monoisotopic (exact) mass is 527 g/mol. The first-order chi connectivity index (χ1) is 15.9. The van der Waals surface area contributed by atoms with E-state index in [9.17, 15) is 13.2 Å². The van der Waals surface area contributed by atoms with Gasteiger partial charge in [0.15, 0.2) is 6.61 Å². The number of carbonyl (C=O) groups is 1. The fourth-order valence-corrected chi connectivity index (χ4v) is 6.73. The molecular weight excluding hydrogens is 494 g/mol. The molecule has 0 aliphatic rings. The normalized spacial score (nSPS) is 12.8. The van der Waals surface area contributed by atoms with Crippen molar-refractivity contribution in [3.05, 3.63) is 52.5 Å². The van der Waals surface area contributed by atoms with Gasteiger partial charge in [0, 0.05) is 28.3 Å². The highest BCUT2D eigenvalue weighted by Crippen LogP contribution is 2.31. The topological polar surface area (TPSA) is 83.9 Å². The number of ether oxygens (including phenoxy) is 1. The fourth-order valence-electron chi connectivity index (χ4n) is 3.55. The van der Waals surface area contributed by atoms with Crippen LogP contribution in [-0.2, 0) is 21.2 Å². The molecule has 0 aromatic heterocycles. The molecule has 1 unspecified atom stereocenters. The number of hydrogen-bond acceptors (Lipinski definition) is 5. The quantitative estimate of drug-likeness (QED) is 0.327. The van der Waals surface area contributed by atoms with E-state index in [1.807, 2.05) is 39.0 Å². The summed E-state index contributed by atoms with van der Waals surface area (Å²) in [6.07, 6.45) is 1.50.